The molecule has 0 bridgehead atoms. The summed E-state index contributed by atoms with van der Waals surface area (Å²) in [5, 5.41) is 0. The maximum atomic E-state index is 5.88. The first kappa shape index (κ1) is 24.0. The topological polar surface area (TPSA) is 9.23 Å². The van der Waals surface area contributed by atoms with Crippen LogP contribution in [0.15, 0.2) is 42.7 Å². The van der Waals surface area contributed by atoms with Crippen molar-refractivity contribution in [1.29, 1.82) is 0 Å². The molecule has 1 aromatic carbocycles. The molecule has 29 heavy (non-hydrogen) atoms. The van der Waals surface area contributed by atoms with Crippen LogP contribution >= 0.6 is 0 Å². The predicted molar refractivity (Wildman–Crippen MR) is 127 cm³/mol. The number of unbranched alkanes of at least 4 members (excludes halogenated alkanes) is 12. The van der Waals surface area contributed by atoms with Crippen molar-refractivity contribution < 1.29 is 4.74 Å². The van der Waals surface area contributed by atoms with Crippen molar-refractivity contribution in [3.8, 4) is 0 Å². The molecule has 1 fully saturated rings. The number of ether oxygens (including phenoxy) is 1. The fraction of sp³-hybridized carbons (Fsp3) is 0.714. The van der Waals surface area contributed by atoms with Gasteiger partial charge < -0.3 is 4.74 Å². The highest BCUT2D eigenvalue weighted by atomic mass is 16.5. The van der Waals surface area contributed by atoms with Gasteiger partial charge >= 0.3 is 0 Å². The van der Waals surface area contributed by atoms with Gasteiger partial charge in [-0.25, -0.2) is 0 Å². The molecule has 1 aliphatic rings. The molecule has 164 valence electrons. The third-order valence-corrected chi connectivity index (χ3v) is 6.58. The second-order valence-corrected chi connectivity index (χ2v) is 9.14. The van der Waals surface area contributed by atoms with Crippen molar-refractivity contribution in [1.82, 2.24) is 0 Å². The number of hydrogen-bond acceptors (Lipinski definition) is 1. The summed E-state index contributed by atoms with van der Waals surface area (Å²) in [6, 6.07) is 10.9. The van der Waals surface area contributed by atoms with Gasteiger partial charge in [-0.15, -0.1) is 0 Å². The second-order valence-electron chi connectivity index (χ2n) is 9.14. The zero-order valence-corrected chi connectivity index (χ0v) is 19.2. The molecule has 0 aromatic heterocycles. The molecule has 1 heteroatoms. The molecule has 0 saturated carbocycles. The molecule has 0 unspecified atom stereocenters. The van der Waals surface area contributed by atoms with Crippen molar-refractivity contribution in [2.45, 2.75) is 122 Å². The molecule has 1 nitrogen and oxygen atoms in total. The first-order chi connectivity index (χ1) is 14.3. The summed E-state index contributed by atoms with van der Waals surface area (Å²) in [5.74, 6) is 1.69. The largest absolute Gasteiger partial charge is 0.494 e. The van der Waals surface area contributed by atoms with Crippen LogP contribution in [-0.2, 0) is 11.2 Å². The Balaban J connectivity index is 1.40. The molecule has 2 atom stereocenters. The quantitative estimate of drug-likeness (QED) is 0.224. The highest BCUT2D eigenvalue weighted by Crippen LogP contribution is 2.38. The van der Waals surface area contributed by atoms with Crippen molar-refractivity contribution >= 4 is 0 Å². The van der Waals surface area contributed by atoms with Crippen molar-refractivity contribution in [2.24, 2.45) is 5.92 Å². The Morgan fingerprint density at radius 1 is 0.690 bits per heavy atom. The lowest BCUT2D eigenvalue weighted by Gasteiger charge is -2.40. The molecular formula is C28H46O. The zero-order valence-electron chi connectivity index (χ0n) is 19.2. The lowest BCUT2D eigenvalue weighted by molar-refractivity contribution is -0.0524. The molecule has 1 aliphatic heterocycles. The Labute approximate surface area is 181 Å². The van der Waals surface area contributed by atoms with Gasteiger partial charge in [0.2, 0.25) is 0 Å². The third-order valence-electron chi connectivity index (χ3n) is 6.58. The lowest BCUT2D eigenvalue weighted by atomic mass is 9.86. The van der Waals surface area contributed by atoms with Crippen LogP contribution in [0.2, 0.25) is 0 Å². The third kappa shape index (κ3) is 10.4. The van der Waals surface area contributed by atoms with Crippen LogP contribution in [-0.4, -0.2) is 6.10 Å². The second kappa shape index (κ2) is 15.6. The van der Waals surface area contributed by atoms with E-state index < -0.39 is 0 Å². The summed E-state index contributed by atoms with van der Waals surface area (Å²) in [6.07, 6.45) is 23.7. The summed E-state index contributed by atoms with van der Waals surface area (Å²) < 4.78 is 5.88. The minimum absolute atomic E-state index is 0.468. The fourth-order valence-electron chi connectivity index (χ4n) is 4.63. The van der Waals surface area contributed by atoms with Gasteiger partial charge in [-0.2, -0.15) is 0 Å². The monoisotopic (exact) mass is 398 g/mol. The number of aryl methyl sites for hydroxylation is 1. The van der Waals surface area contributed by atoms with Gasteiger partial charge in [0.25, 0.3) is 0 Å². The summed E-state index contributed by atoms with van der Waals surface area (Å²) in [4.78, 5) is 0. The van der Waals surface area contributed by atoms with Crippen molar-refractivity contribution in [3.05, 3.63) is 48.2 Å². The smallest absolute Gasteiger partial charge is 0.108 e. The summed E-state index contributed by atoms with van der Waals surface area (Å²) in [7, 11) is 0. The van der Waals surface area contributed by atoms with E-state index in [4.69, 9.17) is 4.74 Å². The average molecular weight is 399 g/mol. The molecule has 0 radical (unpaired) electrons. The van der Waals surface area contributed by atoms with Gasteiger partial charge in [0.1, 0.15) is 6.10 Å². The Hall–Kier alpha value is -1.24. The average Bonchev–Trinajstić information content (AvgIpc) is 2.74. The molecule has 0 amide bonds. The number of benzene rings is 1. The molecule has 0 spiro atoms. The van der Waals surface area contributed by atoms with Gasteiger partial charge in [0.15, 0.2) is 0 Å². The van der Waals surface area contributed by atoms with E-state index >= 15 is 0 Å². The predicted octanol–water partition coefficient (Wildman–Crippen LogP) is 9.02. The van der Waals surface area contributed by atoms with Crippen molar-refractivity contribution in [3.63, 3.8) is 0 Å². The van der Waals surface area contributed by atoms with Gasteiger partial charge in [-0.05, 0) is 37.7 Å². The SMILES string of the molecule is C=C1O[C@H](CCCCCCCCCCCCC)[C@H]1CCCCCc1ccccc1. The van der Waals surface area contributed by atoms with Gasteiger partial charge in [-0.3, -0.25) is 0 Å². The molecule has 1 heterocycles. The number of hydrogen-bond donors (Lipinski definition) is 0. The van der Waals surface area contributed by atoms with Gasteiger partial charge in [0, 0.05) is 0 Å². The zero-order chi connectivity index (χ0) is 20.6. The van der Waals surface area contributed by atoms with E-state index in [1.54, 1.807) is 0 Å². The van der Waals surface area contributed by atoms with E-state index in [1.807, 2.05) is 0 Å². The highest BCUT2D eigenvalue weighted by molar-refractivity contribution is 5.14. The van der Waals surface area contributed by atoms with Crippen LogP contribution in [0, 0.1) is 5.92 Å². The maximum Gasteiger partial charge on any atom is 0.108 e. The molecule has 0 aliphatic carbocycles. The van der Waals surface area contributed by atoms with Crippen LogP contribution in [0.3, 0.4) is 0 Å². The first-order valence-corrected chi connectivity index (χ1v) is 12.7. The van der Waals surface area contributed by atoms with E-state index in [2.05, 4.69) is 43.8 Å². The van der Waals surface area contributed by atoms with E-state index in [0.717, 1.165) is 5.76 Å². The Bertz CT molecular complexity index is 520. The fourth-order valence-corrected chi connectivity index (χ4v) is 4.63. The van der Waals surface area contributed by atoms with Gasteiger partial charge in [-0.1, -0.05) is 121 Å². The van der Waals surface area contributed by atoms with Crippen LogP contribution < -0.4 is 0 Å². The van der Waals surface area contributed by atoms with E-state index in [0.29, 0.717) is 12.0 Å². The van der Waals surface area contributed by atoms with Crippen LogP contribution in [0.4, 0.5) is 0 Å². The lowest BCUT2D eigenvalue weighted by Crippen LogP contribution is -2.37. The Morgan fingerprint density at radius 3 is 1.86 bits per heavy atom. The molecule has 1 aromatic rings. The van der Waals surface area contributed by atoms with Crippen LogP contribution in [0.5, 0.6) is 0 Å². The summed E-state index contributed by atoms with van der Waals surface area (Å²) in [5.41, 5.74) is 1.47. The Morgan fingerprint density at radius 2 is 1.24 bits per heavy atom. The molecule has 1 saturated heterocycles. The van der Waals surface area contributed by atoms with Crippen molar-refractivity contribution in [2.75, 3.05) is 0 Å². The first-order valence-electron chi connectivity index (χ1n) is 12.7. The molecule has 0 N–H and O–H groups in total. The van der Waals surface area contributed by atoms with E-state index in [1.165, 1.54) is 115 Å². The normalized spacial score (nSPS) is 18.4. The van der Waals surface area contributed by atoms with Crippen LogP contribution in [0.1, 0.15) is 115 Å². The van der Waals surface area contributed by atoms with Crippen LogP contribution in [0.25, 0.3) is 0 Å². The minimum atomic E-state index is 0.468. The van der Waals surface area contributed by atoms with Gasteiger partial charge in [0.05, 0.1) is 11.7 Å². The highest BCUT2D eigenvalue weighted by Gasteiger charge is 2.35. The standard InChI is InChI=1S/C28H46O/c1-3-4-5-6-7-8-9-10-11-12-19-24-28-27(25(2)29-28)23-18-14-17-22-26-20-15-13-16-21-26/h13,15-16,20-21,27-28H,2-12,14,17-19,22-24H2,1H3/t27-,28+/m0/s1. The van der Waals surface area contributed by atoms with E-state index in [9.17, 15) is 0 Å². The van der Waals surface area contributed by atoms with E-state index in [-0.39, 0.29) is 0 Å². The number of rotatable bonds is 18. The molecule has 2 rings (SSSR count). The summed E-state index contributed by atoms with van der Waals surface area (Å²) >= 11 is 0. The maximum absolute atomic E-state index is 5.88. The Kier molecular flexibility index (Phi) is 12.9. The minimum Gasteiger partial charge on any atom is -0.494 e. The molecular weight excluding hydrogens is 352 g/mol. The summed E-state index contributed by atoms with van der Waals surface area (Å²) in [6.45, 7) is 6.41.